The van der Waals surface area contributed by atoms with E-state index >= 15 is 0 Å². The van der Waals surface area contributed by atoms with Crippen LogP contribution >= 0.6 is 0 Å². The number of H-pyrrole nitrogens is 1. The molecule has 170 valence electrons. The van der Waals surface area contributed by atoms with E-state index in [1.165, 1.54) is 6.08 Å². The molecule has 0 aliphatic carbocycles. The number of furan rings is 1. The van der Waals surface area contributed by atoms with E-state index in [-0.39, 0.29) is 6.42 Å². The number of carbonyl (C=O) groups is 2. The normalized spacial score (nSPS) is 12.8. The summed E-state index contributed by atoms with van der Waals surface area (Å²) >= 11 is 0. The highest BCUT2D eigenvalue weighted by Gasteiger charge is 2.22. The molecule has 1 amide bonds. The minimum atomic E-state index is -1.09. The molecular formula is C26H26N2O5. The van der Waals surface area contributed by atoms with Crippen molar-refractivity contribution in [1.29, 1.82) is 0 Å². The number of fused-ring (bicyclic) bond motifs is 2. The maximum atomic E-state index is 12.8. The zero-order valence-corrected chi connectivity index (χ0v) is 19.0. The number of benzene rings is 2. The molecule has 1 unspecified atom stereocenters. The van der Waals surface area contributed by atoms with Crippen molar-refractivity contribution in [2.24, 2.45) is 0 Å². The first kappa shape index (κ1) is 22.2. The van der Waals surface area contributed by atoms with Gasteiger partial charge in [0.15, 0.2) is 0 Å². The molecule has 0 aliphatic rings. The molecule has 0 saturated heterocycles. The fourth-order valence-electron chi connectivity index (χ4n) is 4.06. The van der Waals surface area contributed by atoms with Gasteiger partial charge in [-0.2, -0.15) is 0 Å². The van der Waals surface area contributed by atoms with Gasteiger partial charge in [-0.05, 0) is 49.6 Å². The lowest BCUT2D eigenvalue weighted by molar-refractivity contribution is -0.141. The number of methoxy groups -OCH3 is 1. The molecule has 33 heavy (non-hydrogen) atoms. The van der Waals surface area contributed by atoms with Crippen molar-refractivity contribution in [3.8, 4) is 5.75 Å². The van der Waals surface area contributed by atoms with Crippen molar-refractivity contribution in [3.63, 3.8) is 0 Å². The van der Waals surface area contributed by atoms with Gasteiger partial charge in [-0.3, -0.25) is 4.79 Å². The predicted molar refractivity (Wildman–Crippen MR) is 127 cm³/mol. The SMILES string of the molecule is COc1cc2oc(C)c(C)c2cc1/C(C)=C/C(=O)NC(Cc1c[nH]c2ccccc12)C(=O)O. The van der Waals surface area contributed by atoms with E-state index in [2.05, 4.69) is 10.3 Å². The molecule has 4 rings (SSSR count). The minimum Gasteiger partial charge on any atom is -0.496 e. The van der Waals surface area contributed by atoms with Crippen LogP contribution in [0, 0.1) is 13.8 Å². The Balaban J connectivity index is 1.58. The van der Waals surface area contributed by atoms with Crippen LogP contribution in [0.3, 0.4) is 0 Å². The van der Waals surface area contributed by atoms with Crippen LogP contribution in [0.5, 0.6) is 5.75 Å². The topological polar surface area (TPSA) is 105 Å². The van der Waals surface area contributed by atoms with Gasteiger partial charge in [0, 0.05) is 46.6 Å². The molecule has 2 aromatic carbocycles. The Morgan fingerprint density at radius 1 is 1.21 bits per heavy atom. The third-order valence-electron chi connectivity index (χ3n) is 5.98. The monoisotopic (exact) mass is 446 g/mol. The number of amides is 1. The molecule has 7 nitrogen and oxygen atoms in total. The van der Waals surface area contributed by atoms with E-state index in [0.29, 0.717) is 16.9 Å². The predicted octanol–water partition coefficient (Wildman–Crippen LogP) is 4.75. The number of aromatic amines is 1. The fraction of sp³-hybridized carbons (Fsp3) is 0.231. The number of rotatable bonds is 7. The molecule has 7 heteroatoms. The highest BCUT2D eigenvalue weighted by Crippen LogP contribution is 2.34. The second-order valence-corrected chi connectivity index (χ2v) is 8.12. The van der Waals surface area contributed by atoms with Crippen LogP contribution in [-0.4, -0.2) is 35.1 Å². The van der Waals surface area contributed by atoms with Gasteiger partial charge < -0.3 is 24.6 Å². The van der Waals surface area contributed by atoms with Gasteiger partial charge in [-0.1, -0.05) is 18.2 Å². The molecule has 2 aromatic heterocycles. The van der Waals surface area contributed by atoms with Crippen molar-refractivity contribution in [3.05, 3.63) is 71.1 Å². The number of carboxylic acid groups (broad SMARTS) is 1. The van der Waals surface area contributed by atoms with E-state index in [1.54, 1.807) is 26.3 Å². The van der Waals surface area contributed by atoms with Gasteiger partial charge in [-0.15, -0.1) is 0 Å². The highest BCUT2D eigenvalue weighted by molar-refractivity contribution is 5.99. The summed E-state index contributed by atoms with van der Waals surface area (Å²) in [5, 5.41) is 14.2. The maximum Gasteiger partial charge on any atom is 0.326 e. The minimum absolute atomic E-state index is 0.167. The highest BCUT2D eigenvalue weighted by atomic mass is 16.5. The summed E-state index contributed by atoms with van der Waals surface area (Å²) < 4.78 is 11.3. The van der Waals surface area contributed by atoms with Crippen LogP contribution in [0.25, 0.3) is 27.4 Å². The van der Waals surface area contributed by atoms with Gasteiger partial charge in [0.2, 0.25) is 5.91 Å². The summed E-state index contributed by atoms with van der Waals surface area (Å²) in [7, 11) is 1.56. The zero-order chi connectivity index (χ0) is 23.7. The summed E-state index contributed by atoms with van der Waals surface area (Å²) in [6.45, 7) is 5.67. The number of carbonyl (C=O) groups excluding carboxylic acids is 1. The summed E-state index contributed by atoms with van der Waals surface area (Å²) in [5.74, 6) is -0.179. The van der Waals surface area contributed by atoms with Crippen molar-refractivity contribution < 1.29 is 23.8 Å². The number of aromatic nitrogens is 1. The van der Waals surface area contributed by atoms with Gasteiger partial charge in [0.1, 0.15) is 23.1 Å². The van der Waals surface area contributed by atoms with Crippen LogP contribution in [-0.2, 0) is 16.0 Å². The van der Waals surface area contributed by atoms with Crippen LogP contribution in [0.2, 0.25) is 0 Å². The summed E-state index contributed by atoms with van der Waals surface area (Å²) in [5.41, 5.74) is 4.89. The third-order valence-corrected chi connectivity index (χ3v) is 5.98. The number of hydrogen-bond donors (Lipinski definition) is 3. The number of aryl methyl sites for hydroxylation is 2. The smallest absolute Gasteiger partial charge is 0.326 e. The number of para-hydroxylation sites is 1. The second-order valence-electron chi connectivity index (χ2n) is 8.12. The van der Waals surface area contributed by atoms with E-state index < -0.39 is 17.9 Å². The Hall–Kier alpha value is -4.00. The molecule has 1 atom stereocenters. The summed E-state index contributed by atoms with van der Waals surface area (Å²) in [4.78, 5) is 27.7. The van der Waals surface area contributed by atoms with Gasteiger partial charge in [0.25, 0.3) is 0 Å². The molecule has 0 bridgehead atoms. The van der Waals surface area contributed by atoms with Gasteiger partial charge in [0.05, 0.1) is 7.11 Å². The average Bonchev–Trinajstić information content (AvgIpc) is 3.32. The quantitative estimate of drug-likeness (QED) is 0.355. The molecule has 2 heterocycles. The van der Waals surface area contributed by atoms with Gasteiger partial charge in [-0.25, -0.2) is 4.79 Å². The van der Waals surface area contributed by atoms with Gasteiger partial charge >= 0.3 is 5.97 Å². The van der Waals surface area contributed by atoms with E-state index in [9.17, 15) is 14.7 Å². The Morgan fingerprint density at radius 3 is 2.70 bits per heavy atom. The van der Waals surface area contributed by atoms with E-state index in [1.807, 2.05) is 44.2 Å². The fourth-order valence-corrected chi connectivity index (χ4v) is 4.06. The number of hydrogen-bond acceptors (Lipinski definition) is 4. The first-order valence-corrected chi connectivity index (χ1v) is 10.6. The Labute approximate surface area is 191 Å². The molecular weight excluding hydrogens is 420 g/mol. The van der Waals surface area contributed by atoms with Crippen LogP contribution in [0.15, 0.2) is 53.1 Å². The Kier molecular flexibility index (Phi) is 5.96. The molecule has 3 N–H and O–H groups in total. The van der Waals surface area contributed by atoms with E-state index in [0.717, 1.165) is 38.7 Å². The zero-order valence-electron chi connectivity index (χ0n) is 19.0. The van der Waals surface area contributed by atoms with Crippen LogP contribution in [0.4, 0.5) is 0 Å². The molecule has 0 fully saturated rings. The molecule has 0 saturated carbocycles. The first-order valence-electron chi connectivity index (χ1n) is 10.6. The van der Waals surface area contributed by atoms with Crippen LogP contribution in [0.1, 0.15) is 29.4 Å². The van der Waals surface area contributed by atoms with Crippen molar-refractivity contribution in [2.75, 3.05) is 7.11 Å². The van der Waals surface area contributed by atoms with E-state index in [4.69, 9.17) is 9.15 Å². The lowest BCUT2D eigenvalue weighted by atomic mass is 10.0. The Morgan fingerprint density at radius 2 is 1.97 bits per heavy atom. The lowest BCUT2D eigenvalue weighted by Crippen LogP contribution is -2.41. The lowest BCUT2D eigenvalue weighted by Gasteiger charge is -2.14. The standard InChI is InChI=1S/C26H26N2O5/c1-14(19-11-20-15(2)16(3)33-24(20)12-23(19)32-4)9-25(29)28-22(26(30)31)10-17-13-27-21-8-6-5-7-18(17)21/h5-9,11-13,22,27H,10H2,1-4H3,(H,28,29)(H,30,31)/b14-9+. The maximum absolute atomic E-state index is 12.8. The summed E-state index contributed by atoms with van der Waals surface area (Å²) in [6, 6.07) is 10.3. The number of ether oxygens (including phenoxy) is 1. The van der Waals surface area contributed by atoms with Crippen LogP contribution < -0.4 is 10.1 Å². The largest absolute Gasteiger partial charge is 0.496 e. The average molecular weight is 447 g/mol. The molecule has 0 aliphatic heterocycles. The van der Waals surface area contributed by atoms with Crippen molar-refractivity contribution in [1.82, 2.24) is 10.3 Å². The van der Waals surface area contributed by atoms with Crippen molar-refractivity contribution >= 4 is 39.3 Å². The third kappa shape index (κ3) is 4.35. The molecule has 0 radical (unpaired) electrons. The first-order chi connectivity index (χ1) is 15.8. The number of allylic oxidation sites excluding steroid dienone is 1. The number of nitrogens with one attached hydrogen (secondary N) is 2. The summed E-state index contributed by atoms with van der Waals surface area (Å²) in [6.07, 6.45) is 3.35. The second kappa shape index (κ2) is 8.86. The van der Waals surface area contributed by atoms with Crippen molar-refractivity contribution in [2.45, 2.75) is 33.2 Å². The number of carboxylic acids is 1. The number of aliphatic carboxylic acids is 1. The molecule has 4 aromatic rings. The molecule has 0 spiro atoms. The Bertz CT molecular complexity index is 1390.